The number of rotatable bonds is 8. The van der Waals surface area contributed by atoms with Gasteiger partial charge in [-0.1, -0.05) is 32.9 Å². The number of ether oxygens (including phenoxy) is 1. The molecule has 4 nitrogen and oxygen atoms in total. The van der Waals surface area contributed by atoms with Crippen LogP contribution in [-0.2, 0) is 11.3 Å². The Morgan fingerprint density at radius 3 is 2.53 bits per heavy atom. The summed E-state index contributed by atoms with van der Waals surface area (Å²) in [4.78, 5) is 11.4. The van der Waals surface area contributed by atoms with Crippen molar-refractivity contribution in [1.82, 2.24) is 10.6 Å². The van der Waals surface area contributed by atoms with Gasteiger partial charge in [-0.05, 0) is 24.1 Å². The van der Waals surface area contributed by atoms with Crippen molar-refractivity contribution in [2.24, 2.45) is 0 Å². The Balaban J connectivity index is 2.33. The maximum atomic E-state index is 11.4. The highest BCUT2D eigenvalue weighted by Gasteiger charge is 2.02. The van der Waals surface area contributed by atoms with Crippen molar-refractivity contribution in [3.8, 4) is 5.75 Å². The average Bonchev–Trinajstić information content (AvgIpc) is 2.41. The second-order valence-electron chi connectivity index (χ2n) is 4.82. The van der Waals surface area contributed by atoms with Crippen LogP contribution >= 0.6 is 0 Å². The molecule has 106 valence electrons. The van der Waals surface area contributed by atoms with Gasteiger partial charge in [0, 0.05) is 19.1 Å². The minimum Gasteiger partial charge on any atom is -0.484 e. The molecule has 1 amide bonds. The highest BCUT2D eigenvalue weighted by atomic mass is 16.5. The van der Waals surface area contributed by atoms with Gasteiger partial charge in [-0.25, -0.2) is 0 Å². The summed E-state index contributed by atoms with van der Waals surface area (Å²) < 4.78 is 5.41. The topological polar surface area (TPSA) is 50.4 Å². The summed E-state index contributed by atoms with van der Waals surface area (Å²) in [5.41, 5.74) is 1.21. The second-order valence-corrected chi connectivity index (χ2v) is 4.82. The molecule has 1 aromatic rings. The highest BCUT2D eigenvalue weighted by Crippen LogP contribution is 2.12. The summed E-state index contributed by atoms with van der Waals surface area (Å²) in [6.07, 6.45) is 0.934. The lowest BCUT2D eigenvalue weighted by atomic mass is 10.2. The zero-order chi connectivity index (χ0) is 14.1. The Labute approximate surface area is 115 Å². The van der Waals surface area contributed by atoms with Crippen LogP contribution in [0.3, 0.4) is 0 Å². The van der Waals surface area contributed by atoms with Crippen molar-refractivity contribution in [2.75, 3.05) is 13.2 Å². The van der Waals surface area contributed by atoms with Gasteiger partial charge in [-0.15, -0.1) is 0 Å². The van der Waals surface area contributed by atoms with Crippen LogP contribution in [-0.4, -0.2) is 25.1 Å². The number of hydrogen-bond donors (Lipinski definition) is 2. The van der Waals surface area contributed by atoms with E-state index in [1.807, 2.05) is 31.2 Å². The summed E-state index contributed by atoms with van der Waals surface area (Å²) >= 11 is 0. The average molecular weight is 264 g/mol. The van der Waals surface area contributed by atoms with Gasteiger partial charge < -0.3 is 15.4 Å². The van der Waals surface area contributed by atoms with E-state index in [4.69, 9.17) is 4.74 Å². The Kier molecular flexibility index (Phi) is 6.97. The molecule has 0 unspecified atom stereocenters. The van der Waals surface area contributed by atoms with Crippen LogP contribution in [0.5, 0.6) is 5.75 Å². The van der Waals surface area contributed by atoms with Crippen LogP contribution in [0.15, 0.2) is 24.3 Å². The zero-order valence-corrected chi connectivity index (χ0v) is 12.0. The Morgan fingerprint density at radius 1 is 1.26 bits per heavy atom. The van der Waals surface area contributed by atoms with Crippen LogP contribution in [0.25, 0.3) is 0 Å². The Bertz CT molecular complexity index is 374. The van der Waals surface area contributed by atoms with E-state index < -0.39 is 0 Å². The molecule has 0 radical (unpaired) electrons. The van der Waals surface area contributed by atoms with E-state index in [2.05, 4.69) is 24.5 Å². The van der Waals surface area contributed by atoms with E-state index in [9.17, 15) is 4.79 Å². The first kappa shape index (κ1) is 15.5. The van der Waals surface area contributed by atoms with E-state index in [0.29, 0.717) is 12.6 Å². The fourth-order valence-corrected chi connectivity index (χ4v) is 1.49. The maximum absolute atomic E-state index is 11.4. The molecule has 0 aliphatic heterocycles. The third kappa shape index (κ3) is 6.82. The standard InChI is InChI=1S/C15H24N2O2/c1-4-9-16-15(18)11-19-14-7-5-13(6-8-14)10-17-12(2)3/h5-8,12,17H,4,9-11H2,1-3H3,(H,16,18). The number of amides is 1. The Hall–Kier alpha value is -1.55. The van der Waals surface area contributed by atoms with E-state index in [-0.39, 0.29) is 12.5 Å². The molecule has 0 bridgehead atoms. The summed E-state index contributed by atoms with van der Waals surface area (Å²) in [6.45, 7) is 7.87. The molecule has 0 aliphatic carbocycles. The van der Waals surface area contributed by atoms with Gasteiger partial charge in [-0.2, -0.15) is 0 Å². The molecule has 19 heavy (non-hydrogen) atoms. The monoisotopic (exact) mass is 264 g/mol. The van der Waals surface area contributed by atoms with E-state index in [1.54, 1.807) is 0 Å². The second kappa shape index (κ2) is 8.53. The minimum atomic E-state index is -0.0765. The lowest BCUT2D eigenvalue weighted by Crippen LogP contribution is -2.29. The molecule has 0 heterocycles. The van der Waals surface area contributed by atoms with Gasteiger partial charge in [-0.3, -0.25) is 4.79 Å². The van der Waals surface area contributed by atoms with Crippen molar-refractivity contribution >= 4 is 5.91 Å². The third-order valence-corrected chi connectivity index (χ3v) is 2.58. The number of benzene rings is 1. The van der Waals surface area contributed by atoms with Gasteiger partial charge in [0.25, 0.3) is 5.91 Å². The summed E-state index contributed by atoms with van der Waals surface area (Å²) in [5.74, 6) is 0.646. The maximum Gasteiger partial charge on any atom is 0.257 e. The fourth-order valence-electron chi connectivity index (χ4n) is 1.49. The van der Waals surface area contributed by atoms with Crippen molar-refractivity contribution in [3.05, 3.63) is 29.8 Å². The van der Waals surface area contributed by atoms with Gasteiger partial charge in [0.05, 0.1) is 0 Å². The first-order valence-corrected chi connectivity index (χ1v) is 6.83. The summed E-state index contributed by atoms with van der Waals surface area (Å²) in [6, 6.07) is 8.27. The quantitative estimate of drug-likeness (QED) is 0.756. The predicted molar refractivity (Wildman–Crippen MR) is 77.2 cm³/mol. The van der Waals surface area contributed by atoms with Crippen molar-refractivity contribution in [3.63, 3.8) is 0 Å². The predicted octanol–water partition coefficient (Wildman–Crippen LogP) is 2.09. The number of hydrogen-bond acceptors (Lipinski definition) is 3. The summed E-state index contributed by atoms with van der Waals surface area (Å²) in [5, 5.41) is 6.12. The SMILES string of the molecule is CCCNC(=O)COc1ccc(CNC(C)C)cc1. The van der Waals surface area contributed by atoms with Gasteiger partial charge in [0.2, 0.25) is 0 Å². The van der Waals surface area contributed by atoms with E-state index in [1.165, 1.54) is 5.56 Å². The van der Waals surface area contributed by atoms with Crippen molar-refractivity contribution in [2.45, 2.75) is 39.8 Å². The summed E-state index contributed by atoms with van der Waals surface area (Å²) in [7, 11) is 0. The molecule has 0 atom stereocenters. The van der Waals surface area contributed by atoms with Gasteiger partial charge >= 0.3 is 0 Å². The van der Waals surface area contributed by atoms with Gasteiger partial charge in [0.1, 0.15) is 5.75 Å². The minimum absolute atomic E-state index is 0.0730. The molecule has 0 fully saturated rings. The smallest absolute Gasteiger partial charge is 0.257 e. The molecule has 0 aliphatic rings. The fraction of sp³-hybridized carbons (Fsp3) is 0.533. The first-order valence-electron chi connectivity index (χ1n) is 6.83. The lowest BCUT2D eigenvalue weighted by Gasteiger charge is -2.09. The van der Waals surface area contributed by atoms with Crippen LogP contribution in [0, 0.1) is 0 Å². The largest absolute Gasteiger partial charge is 0.484 e. The van der Waals surface area contributed by atoms with Crippen molar-refractivity contribution < 1.29 is 9.53 Å². The molecule has 0 aromatic heterocycles. The third-order valence-electron chi connectivity index (χ3n) is 2.58. The molecular weight excluding hydrogens is 240 g/mol. The Morgan fingerprint density at radius 2 is 1.95 bits per heavy atom. The van der Waals surface area contributed by atoms with Crippen molar-refractivity contribution in [1.29, 1.82) is 0 Å². The number of carbonyl (C=O) groups excluding carboxylic acids is 1. The molecule has 2 N–H and O–H groups in total. The van der Waals surface area contributed by atoms with Gasteiger partial charge in [0.15, 0.2) is 6.61 Å². The molecule has 0 spiro atoms. The highest BCUT2D eigenvalue weighted by molar-refractivity contribution is 5.77. The van der Waals surface area contributed by atoms with E-state index in [0.717, 1.165) is 18.7 Å². The van der Waals surface area contributed by atoms with Crippen LogP contribution in [0.2, 0.25) is 0 Å². The molecular formula is C15H24N2O2. The van der Waals surface area contributed by atoms with Crippen LogP contribution in [0.4, 0.5) is 0 Å². The molecule has 4 heteroatoms. The lowest BCUT2D eigenvalue weighted by molar-refractivity contribution is -0.123. The first-order chi connectivity index (χ1) is 9.11. The molecule has 1 rings (SSSR count). The van der Waals surface area contributed by atoms with Crippen LogP contribution < -0.4 is 15.4 Å². The normalized spacial score (nSPS) is 10.5. The molecule has 0 saturated carbocycles. The molecule has 0 saturated heterocycles. The van der Waals surface area contributed by atoms with E-state index >= 15 is 0 Å². The number of carbonyl (C=O) groups is 1. The molecule has 1 aromatic carbocycles. The van der Waals surface area contributed by atoms with Crippen LogP contribution in [0.1, 0.15) is 32.8 Å². The number of nitrogens with one attached hydrogen (secondary N) is 2. The zero-order valence-electron chi connectivity index (χ0n) is 12.0.